The summed E-state index contributed by atoms with van der Waals surface area (Å²) in [5.41, 5.74) is 2.39. The van der Waals surface area contributed by atoms with Crippen molar-refractivity contribution in [1.29, 1.82) is 0 Å². The van der Waals surface area contributed by atoms with Gasteiger partial charge in [-0.1, -0.05) is 31.5 Å². The number of nitrogens with one attached hydrogen (secondary N) is 1. The van der Waals surface area contributed by atoms with E-state index in [9.17, 15) is 4.79 Å². The van der Waals surface area contributed by atoms with Crippen LogP contribution in [0, 0.1) is 12.8 Å². The number of esters is 1. The summed E-state index contributed by atoms with van der Waals surface area (Å²) in [6.07, 6.45) is 0.866. The van der Waals surface area contributed by atoms with Crippen LogP contribution in [0.3, 0.4) is 0 Å². The topological polar surface area (TPSA) is 55.0 Å². The molecule has 2 rings (SSSR count). The number of H-pyrrole nitrogens is 1. The van der Waals surface area contributed by atoms with E-state index < -0.39 is 5.97 Å². The molecule has 0 aliphatic heterocycles. The van der Waals surface area contributed by atoms with Crippen LogP contribution in [0.15, 0.2) is 30.3 Å². The van der Waals surface area contributed by atoms with Gasteiger partial charge in [-0.15, -0.1) is 0 Å². The van der Waals surface area contributed by atoms with E-state index in [4.69, 9.17) is 4.74 Å². The molecule has 0 saturated heterocycles. The summed E-state index contributed by atoms with van der Waals surface area (Å²) in [5.74, 6) is 0.612. The monoisotopic (exact) mass is 258 g/mol. The number of carbonyl (C=O) groups excluding carboxylic acids is 1. The van der Waals surface area contributed by atoms with Gasteiger partial charge in [0.1, 0.15) is 5.75 Å². The van der Waals surface area contributed by atoms with E-state index >= 15 is 0 Å². The van der Waals surface area contributed by atoms with E-state index in [1.54, 1.807) is 18.2 Å². The number of rotatable bonds is 4. The molecule has 1 N–H and O–H groups in total. The van der Waals surface area contributed by atoms with Gasteiger partial charge in [0.25, 0.3) is 0 Å². The summed E-state index contributed by atoms with van der Waals surface area (Å²) in [6.45, 7) is 6.22. The third-order valence-corrected chi connectivity index (χ3v) is 2.70. The molecule has 0 atom stereocenters. The van der Waals surface area contributed by atoms with Crippen LogP contribution in [-0.4, -0.2) is 16.2 Å². The van der Waals surface area contributed by atoms with Crippen molar-refractivity contribution in [3.05, 3.63) is 47.3 Å². The zero-order chi connectivity index (χ0) is 13.8. The maximum atomic E-state index is 11.9. The normalized spacial score (nSPS) is 10.7. The van der Waals surface area contributed by atoms with Crippen molar-refractivity contribution in [3.8, 4) is 5.75 Å². The Kier molecular flexibility index (Phi) is 4.00. The van der Waals surface area contributed by atoms with Crippen molar-refractivity contribution < 1.29 is 9.53 Å². The first kappa shape index (κ1) is 13.3. The first-order valence-electron chi connectivity index (χ1n) is 6.37. The van der Waals surface area contributed by atoms with Gasteiger partial charge in [0, 0.05) is 5.69 Å². The van der Waals surface area contributed by atoms with Gasteiger partial charge in [0.15, 0.2) is 5.69 Å². The molecule has 2 aromatic rings. The van der Waals surface area contributed by atoms with E-state index in [-0.39, 0.29) is 0 Å². The van der Waals surface area contributed by atoms with Gasteiger partial charge >= 0.3 is 5.97 Å². The minimum atomic E-state index is -0.435. The fourth-order valence-corrected chi connectivity index (χ4v) is 1.78. The second-order valence-corrected chi connectivity index (χ2v) is 5.08. The second kappa shape index (κ2) is 5.69. The quantitative estimate of drug-likeness (QED) is 0.677. The third-order valence-electron chi connectivity index (χ3n) is 2.70. The Morgan fingerprint density at radius 1 is 1.32 bits per heavy atom. The largest absolute Gasteiger partial charge is 0.422 e. The lowest BCUT2D eigenvalue weighted by atomic mass is 10.1. The standard InChI is InChI=1S/C15H18N2O2/c1-10(2)8-12-9-14(17-16-12)15(18)19-13-6-4-11(3)5-7-13/h4-7,9-10H,8H2,1-3H3,(H,16,17). The van der Waals surface area contributed by atoms with Crippen molar-refractivity contribution in [2.45, 2.75) is 27.2 Å². The molecule has 0 aliphatic rings. The van der Waals surface area contributed by atoms with E-state index in [0.29, 0.717) is 17.4 Å². The molecule has 0 amide bonds. The minimum Gasteiger partial charge on any atom is -0.422 e. The lowest BCUT2D eigenvalue weighted by molar-refractivity contribution is 0.0728. The highest BCUT2D eigenvalue weighted by molar-refractivity contribution is 5.89. The summed E-state index contributed by atoms with van der Waals surface area (Å²) < 4.78 is 5.25. The lowest BCUT2D eigenvalue weighted by Gasteiger charge is -2.02. The first-order valence-corrected chi connectivity index (χ1v) is 6.37. The molecule has 1 aromatic carbocycles. The molecule has 0 unspecified atom stereocenters. The zero-order valence-corrected chi connectivity index (χ0v) is 11.4. The van der Waals surface area contributed by atoms with Gasteiger partial charge in [-0.2, -0.15) is 5.10 Å². The number of hydrogen-bond donors (Lipinski definition) is 1. The molecular weight excluding hydrogens is 240 g/mol. The van der Waals surface area contributed by atoms with Gasteiger partial charge < -0.3 is 4.74 Å². The summed E-state index contributed by atoms with van der Waals surface area (Å²) in [4.78, 5) is 11.9. The molecule has 0 fully saturated rings. The highest BCUT2D eigenvalue weighted by atomic mass is 16.5. The average molecular weight is 258 g/mol. The number of ether oxygens (including phenoxy) is 1. The Hall–Kier alpha value is -2.10. The van der Waals surface area contributed by atoms with Crippen LogP contribution in [-0.2, 0) is 6.42 Å². The minimum absolute atomic E-state index is 0.316. The van der Waals surface area contributed by atoms with Gasteiger partial charge in [0.05, 0.1) is 0 Å². The molecule has 0 saturated carbocycles. The molecule has 0 aliphatic carbocycles. The maximum Gasteiger partial charge on any atom is 0.364 e. The van der Waals surface area contributed by atoms with Gasteiger partial charge in [-0.3, -0.25) is 5.10 Å². The van der Waals surface area contributed by atoms with Crippen LogP contribution in [0.2, 0.25) is 0 Å². The molecule has 1 heterocycles. The van der Waals surface area contributed by atoms with Crippen LogP contribution in [0.1, 0.15) is 35.6 Å². The van der Waals surface area contributed by atoms with Crippen molar-refractivity contribution in [2.75, 3.05) is 0 Å². The van der Waals surface area contributed by atoms with Crippen LogP contribution >= 0.6 is 0 Å². The van der Waals surface area contributed by atoms with Crippen molar-refractivity contribution in [3.63, 3.8) is 0 Å². The van der Waals surface area contributed by atoms with Crippen molar-refractivity contribution >= 4 is 5.97 Å². The number of aryl methyl sites for hydroxylation is 1. The summed E-state index contributed by atoms with van der Waals surface area (Å²) >= 11 is 0. The van der Waals surface area contributed by atoms with Crippen LogP contribution in [0.25, 0.3) is 0 Å². The van der Waals surface area contributed by atoms with E-state index in [1.807, 2.05) is 19.1 Å². The molecular formula is C15H18N2O2. The molecule has 4 nitrogen and oxygen atoms in total. The average Bonchev–Trinajstić information content (AvgIpc) is 2.80. The maximum absolute atomic E-state index is 11.9. The number of aromatic nitrogens is 2. The summed E-state index contributed by atoms with van der Waals surface area (Å²) in [5, 5.41) is 6.85. The molecule has 19 heavy (non-hydrogen) atoms. The van der Waals surface area contributed by atoms with Crippen LogP contribution in [0.5, 0.6) is 5.75 Å². The molecule has 0 spiro atoms. The predicted molar refractivity (Wildman–Crippen MR) is 73.3 cm³/mol. The Labute approximate surface area is 112 Å². The van der Waals surface area contributed by atoms with Crippen molar-refractivity contribution in [2.24, 2.45) is 5.92 Å². The Bertz CT molecular complexity index is 556. The highest BCUT2D eigenvalue weighted by Crippen LogP contribution is 2.14. The smallest absolute Gasteiger partial charge is 0.364 e. The van der Waals surface area contributed by atoms with Gasteiger partial charge in [-0.05, 0) is 37.5 Å². The predicted octanol–water partition coefficient (Wildman–Crippen LogP) is 3.14. The Morgan fingerprint density at radius 3 is 2.63 bits per heavy atom. The molecule has 100 valence electrons. The van der Waals surface area contributed by atoms with Crippen LogP contribution < -0.4 is 4.74 Å². The molecule has 4 heteroatoms. The number of carbonyl (C=O) groups is 1. The SMILES string of the molecule is Cc1ccc(OC(=O)c2cc(CC(C)C)[nH]n2)cc1. The molecule has 0 bridgehead atoms. The van der Waals surface area contributed by atoms with Gasteiger partial charge in [-0.25, -0.2) is 4.79 Å². The van der Waals surface area contributed by atoms with Crippen LogP contribution in [0.4, 0.5) is 0 Å². The fourth-order valence-electron chi connectivity index (χ4n) is 1.78. The van der Waals surface area contributed by atoms with Gasteiger partial charge in [0.2, 0.25) is 0 Å². The number of aromatic amines is 1. The van der Waals surface area contributed by atoms with E-state index in [1.165, 1.54) is 0 Å². The summed E-state index contributed by atoms with van der Waals surface area (Å²) in [7, 11) is 0. The number of nitrogens with zero attached hydrogens (tertiary/aromatic N) is 1. The van der Waals surface area contributed by atoms with Crippen molar-refractivity contribution in [1.82, 2.24) is 10.2 Å². The van der Waals surface area contributed by atoms with E-state index in [0.717, 1.165) is 17.7 Å². The van der Waals surface area contributed by atoms with E-state index in [2.05, 4.69) is 24.0 Å². The Morgan fingerprint density at radius 2 is 2.00 bits per heavy atom. The fraction of sp³-hybridized carbons (Fsp3) is 0.333. The number of benzene rings is 1. The zero-order valence-electron chi connectivity index (χ0n) is 11.4. The molecule has 0 radical (unpaired) electrons. The first-order chi connectivity index (χ1) is 9.04. The highest BCUT2D eigenvalue weighted by Gasteiger charge is 2.13. The Balaban J connectivity index is 2.03. The summed E-state index contributed by atoms with van der Waals surface area (Å²) in [6, 6.07) is 9.09. The lowest BCUT2D eigenvalue weighted by Crippen LogP contribution is -2.08. The number of hydrogen-bond acceptors (Lipinski definition) is 3. The third kappa shape index (κ3) is 3.68. The second-order valence-electron chi connectivity index (χ2n) is 5.08. The molecule has 1 aromatic heterocycles.